The second-order valence-corrected chi connectivity index (χ2v) is 5.19. The first-order valence-electron chi connectivity index (χ1n) is 7.52. The van der Waals surface area contributed by atoms with Crippen molar-refractivity contribution in [2.75, 3.05) is 5.43 Å². The molecule has 0 saturated heterocycles. The van der Waals surface area contributed by atoms with Gasteiger partial charge in [0.1, 0.15) is 0 Å². The fourth-order valence-corrected chi connectivity index (χ4v) is 2.52. The zero-order valence-electron chi connectivity index (χ0n) is 12.7. The Balaban J connectivity index is 1.66. The number of hydrogen-bond donors (Lipinski definition) is 1. The van der Waals surface area contributed by atoms with Gasteiger partial charge in [-0.2, -0.15) is 9.78 Å². The van der Waals surface area contributed by atoms with Crippen LogP contribution in [0.3, 0.4) is 0 Å². The molecular formula is C18H14N6. The topological polar surface area (TPSA) is 68.0 Å². The Labute approximate surface area is 138 Å². The number of hydrogen-bond acceptors (Lipinski definition) is 5. The Hall–Kier alpha value is -3.54. The molecular weight excluding hydrogens is 300 g/mol. The normalized spacial score (nSPS) is 11.2. The van der Waals surface area contributed by atoms with Gasteiger partial charge in [-0.15, -0.1) is 0 Å². The quantitative estimate of drug-likeness (QED) is 0.464. The maximum Gasteiger partial charge on any atom is 0.268 e. The first kappa shape index (κ1) is 14.1. The smallest absolute Gasteiger partial charge is 0.244 e. The highest BCUT2D eigenvalue weighted by Gasteiger charge is 2.10. The Morgan fingerprint density at radius 3 is 2.58 bits per heavy atom. The van der Waals surface area contributed by atoms with Crippen molar-refractivity contribution in [1.82, 2.24) is 20.2 Å². The number of rotatable bonds is 4. The molecule has 0 aliphatic carbocycles. The summed E-state index contributed by atoms with van der Waals surface area (Å²) in [5.41, 5.74) is 4.79. The van der Waals surface area contributed by atoms with Crippen LogP contribution in [-0.4, -0.2) is 26.4 Å². The Bertz CT molecular complexity index is 985. The summed E-state index contributed by atoms with van der Waals surface area (Å²) in [5, 5.41) is 18.3. The van der Waals surface area contributed by atoms with E-state index in [-0.39, 0.29) is 0 Å². The second-order valence-electron chi connectivity index (χ2n) is 5.19. The van der Waals surface area contributed by atoms with E-state index in [1.807, 2.05) is 60.7 Å². The summed E-state index contributed by atoms with van der Waals surface area (Å²) in [6, 6.07) is 24.0. The Morgan fingerprint density at radius 1 is 0.875 bits per heavy atom. The number of nitrogens with one attached hydrogen (secondary N) is 1. The number of aromatic nitrogens is 4. The van der Waals surface area contributed by atoms with Crippen LogP contribution < -0.4 is 5.43 Å². The van der Waals surface area contributed by atoms with Gasteiger partial charge in [0.15, 0.2) is 0 Å². The molecule has 6 nitrogen and oxygen atoms in total. The lowest BCUT2D eigenvalue weighted by Gasteiger charge is -2.07. The van der Waals surface area contributed by atoms with E-state index in [0.29, 0.717) is 5.95 Å². The summed E-state index contributed by atoms with van der Waals surface area (Å²) in [6.45, 7) is 0. The summed E-state index contributed by atoms with van der Waals surface area (Å²) < 4.78 is 1.64. The fraction of sp³-hybridized carbons (Fsp3) is 0. The number of benzene rings is 3. The zero-order chi connectivity index (χ0) is 16.2. The van der Waals surface area contributed by atoms with Crippen LogP contribution in [0.4, 0.5) is 5.95 Å². The first-order chi connectivity index (χ1) is 11.9. The number of tetrazole rings is 1. The summed E-state index contributed by atoms with van der Waals surface area (Å²) in [6.07, 6.45) is 1.72. The van der Waals surface area contributed by atoms with Crippen molar-refractivity contribution in [2.45, 2.75) is 0 Å². The van der Waals surface area contributed by atoms with Crippen molar-refractivity contribution in [3.05, 3.63) is 78.4 Å². The number of hydrazone groups is 1. The van der Waals surface area contributed by atoms with Gasteiger partial charge in [-0.25, -0.2) is 5.43 Å². The number of anilines is 1. The van der Waals surface area contributed by atoms with Gasteiger partial charge in [0.2, 0.25) is 0 Å². The summed E-state index contributed by atoms with van der Waals surface area (Å²) in [7, 11) is 0. The fourth-order valence-electron chi connectivity index (χ4n) is 2.52. The van der Waals surface area contributed by atoms with Crippen LogP contribution in [0.5, 0.6) is 0 Å². The average Bonchev–Trinajstić information content (AvgIpc) is 3.10. The first-order valence-corrected chi connectivity index (χ1v) is 7.52. The van der Waals surface area contributed by atoms with Crippen molar-refractivity contribution < 1.29 is 0 Å². The summed E-state index contributed by atoms with van der Waals surface area (Å²) in [5.74, 6) is 0.457. The molecule has 1 aromatic heterocycles. The molecule has 116 valence electrons. The van der Waals surface area contributed by atoms with Crippen LogP contribution in [0.15, 0.2) is 77.9 Å². The van der Waals surface area contributed by atoms with E-state index >= 15 is 0 Å². The monoisotopic (exact) mass is 314 g/mol. The van der Waals surface area contributed by atoms with Crippen molar-refractivity contribution in [1.29, 1.82) is 0 Å². The molecule has 4 rings (SSSR count). The number of fused-ring (bicyclic) bond motifs is 1. The van der Waals surface area contributed by atoms with Gasteiger partial charge >= 0.3 is 0 Å². The molecule has 1 heterocycles. The van der Waals surface area contributed by atoms with Crippen molar-refractivity contribution in [2.24, 2.45) is 5.10 Å². The maximum atomic E-state index is 4.21. The van der Waals surface area contributed by atoms with E-state index in [2.05, 4.69) is 38.2 Å². The largest absolute Gasteiger partial charge is 0.268 e. The SMILES string of the molecule is C(=N/Nc1nnnn1-c1cccc2ccccc12)/c1ccccc1. The molecule has 0 radical (unpaired) electrons. The van der Waals surface area contributed by atoms with Crippen LogP contribution in [0.2, 0.25) is 0 Å². The lowest BCUT2D eigenvalue weighted by molar-refractivity contribution is 0.794. The van der Waals surface area contributed by atoms with E-state index in [1.165, 1.54) is 0 Å². The highest BCUT2D eigenvalue weighted by Crippen LogP contribution is 2.23. The third kappa shape index (κ3) is 2.72. The molecule has 24 heavy (non-hydrogen) atoms. The lowest BCUT2D eigenvalue weighted by Crippen LogP contribution is -2.04. The van der Waals surface area contributed by atoms with E-state index in [9.17, 15) is 0 Å². The minimum Gasteiger partial charge on any atom is -0.244 e. The van der Waals surface area contributed by atoms with Gasteiger partial charge < -0.3 is 0 Å². The van der Waals surface area contributed by atoms with Crippen LogP contribution in [0.1, 0.15) is 5.56 Å². The molecule has 0 unspecified atom stereocenters. The summed E-state index contributed by atoms with van der Waals surface area (Å²) in [4.78, 5) is 0. The predicted molar refractivity (Wildman–Crippen MR) is 94.3 cm³/mol. The van der Waals surface area contributed by atoms with Gasteiger partial charge in [-0.1, -0.05) is 71.8 Å². The van der Waals surface area contributed by atoms with E-state index in [1.54, 1.807) is 10.9 Å². The average molecular weight is 314 g/mol. The zero-order valence-corrected chi connectivity index (χ0v) is 12.7. The van der Waals surface area contributed by atoms with Gasteiger partial charge in [0.25, 0.3) is 5.95 Å². The molecule has 0 amide bonds. The maximum absolute atomic E-state index is 4.21. The molecule has 0 aliphatic heterocycles. The van der Waals surface area contributed by atoms with Gasteiger partial charge in [-0.05, 0) is 27.4 Å². The van der Waals surface area contributed by atoms with Crippen LogP contribution in [-0.2, 0) is 0 Å². The van der Waals surface area contributed by atoms with E-state index < -0.39 is 0 Å². The molecule has 0 spiro atoms. The van der Waals surface area contributed by atoms with Crippen LogP contribution in [0, 0.1) is 0 Å². The molecule has 1 N–H and O–H groups in total. The molecule has 6 heteroatoms. The molecule has 0 saturated carbocycles. The van der Waals surface area contributed by atoms with Crippen molar-refractivity contribution in [3.63, 3.8) is 0 Å². The molecule has 0 atom stereocenters. The van der Waals surface area contributed by atoms with Gasteiger partial charge in [-0.3, -0.25) is 0 Å². The second kappa shape index (κ2) is 6.29. The van der Waals surface area contributed by atoms with Crippen molar-refractivity contribution in [3.8, 4) is 5.69 Å². The van der Waals surface area contributed by atoms with E-state index in [4.69, 9.17) is 0 Å². The number of nitrogens with zero attached hydrogens (tertiary/aromatic N) is 5. The molecule has 0 fully saturated rings. The standard InChI is InChI=1S/C18H14N6/c1-2-7-14(8-3-1)13-19-20-18-21-22-23-24(18)17-12-6-10-15-9-4-5-11-16(15)17/h1-13H,(H,20,21,23)/b19-13-. The van der Waals surface area contributed by atoms with Crippen molar-refractivity contribution >= 4 is 22.9 Å². The predicted octanol–water partition coefficient (Wildman–Crippen LogP) is 3.26. The third-order valence-electron chi connectivity index (χ3n) is 3.64. The highest BCUT2D eigenvalue weighted by molar-refractivity contribution is 5.90. The minimum absolute atomic E-state index is 0.457. The van der Waals surface area contributed by atoms with Gasteiger partial charge in [0, 0.05) is 5.39 Å². The van der Waals surface area contributed by atoms with Gasteiger partial charge in [0.05, 0.1) is 11.9 Å². The molecule has 3 aromatic carbocycles. The van der Waals surface area contributed by atoms with Crippen LogP contribution >= 0.6 is 0 Å². The van der Waals surface area contributed by atoms with E-state index in [0.717, 1.165) is 22.0 Å². The molecule has 0 aliphatic rings. The lowest BCUT2D eigenvalue weighted by atomic mass is 10.1. The summed E-state index contributed by atoms with van der Waals surface area (Å²) >= 11 is 0. The highest BCUT2D eigenvalue weighted by atomic mass is 15.6. The third-order valence-corrected chi connectivity index (χ3v) is 3.64. The molecule has 0 bridgehead atoms. The Morgan fingerprint density at radius 2 is 1.67 bits per heavy atom. The van der Waals surface area contributed by atoms with Crippen LogP contribution in [0.25, 0.3) is 16.5 Å². The molecule has 4 aromatic rings. The minimum atomic E-state index is 0.457. The Kier molecular flexibility index (Phi) is 3.69.